The van der Waals surface area contributed by atoms with E-state index in [2.05, 4.69) is 16.3 Å². The van der Waals surface area contributed by atoms with Crippen molar-refractivity contribution in [2.75, 3.05) is 26.7 Å². The van der Waals surface area contributed by atoms with E-state index in [9.17, 15) is 5.11 Å². The molecule has 2 unspecified atom stereocenters. The number of benzene rings is 1. The van der Waals surface area contributed by atoms with E-state index >= 15 is 0 Å². The van der Waals surface area contributed by atoms with Gasteiger partial charge in [0, 0.05) is 17.6 Å². The van der Waals surface area contributed by atoms with Crippen LogP contribution in [0.5, 0.6) is 0 Å². The van der Waals surface area contributed by atoms with Crippen molar-refractivity contribution < 1.29 is 5.11 Å². The van der Waals surface area contributed by atoms with E-state index in [1.54, 1.807) is 0 Å². The fourth-order valence-corrected chi connectivity index (χ4v) is 3.25. The molecule has 118 valence electrons. The van der Waals surface area contributed by atoms with E-state index in [-0.39, 0.29) is 0 Å². The van der Waals surface area contributed by atoms with Gasteiger partial charge in [-0.2, -0.15) is 0 Å². The van der Waals surface area contributed by atoms with Gasteiger partial charge in [-0.3, -0.25) is 0 Å². The third-order valence-corrected chi connectivity index (χ3v) is 4.72. The SMILES string of the molecule is CNC(CCN1CCCC(C)(O)CC1)c1cccc(Cl)c1. The van der Waals surface area contributed by atoms with Crippen LogP contribution in [0.1, 0.15) is 44.2 Å². The highest BCUT2D eigenvalue weighted by Crippen LogP contribution is 2.24. The van der Waals surface area contributed by atoms with Crippen LogP contribution in [0.15, 0.2) is 24.3 Å². The van der Waals surface area contributed by atoms with Crippen LogP contribution in [0.3, 0.4) is 0 Å². The zero-order valence-electron chi connectivity index (χ0n) is 13.1. The van der Waals surface area contributed by atoms with Gasteiger partial charge in [-0.1, -0.05) is 23.7 Å². The molecular weight excluding hydrogens is 284 g/mol. The van der Waals surface area contributed by atoms with Crippen molar-refractivity contribution in [2.45, 2.75) is 44.2 Å². The Morgan fingerprint density at radius 1 is 1.38 bits per heavy atom. The minimum atomic E-state index is -0.482. The molecule has 21 heavy (non-hydrogen) atoms. The Bertz CT molecular complexity index is 450. The summed E-state index contributed by atoms with van der Waals surface area (Å²) in [5.41, 5.74) is 0.760. The molecule has 0 amide bonds. The lowest BCUT2D eigenvalue weighted by Crippen LogP contribution is -2.31. The minimum Gasteiger partial charge on any atom is -0.390 e. The van der Waals surface area contributed by atoms with Crippen LogP contribution in [0.25, 0.3) is 0 Å². The fraction of sp³-hybridized carbons (Fsp3) is 0.647. The molecule has 0 aliphatic carbocycles. The van der Waals surface area contributed by atoms with Crippen molar-refractivity contribution in [3.05, 3.63) is 34.9 Å². The molecule has 2 atom stereocenters. The third-order valence-electron chi connectivity index (χ3n) is 4.49. The molecule has 2 N–H and O–H groups in total. The van der Waals surface area contributed by atoms with Crippen LogP contribution in [-0.4, -0.2) is 42.3 Å². The molecule has 0 aromatic heterocycles. The smallest absolute Gasteiger partial charge is 0.0632 e. The van der Waals surface area contributed by atoms with Crippen LogP contribution in [0.4, 0.5) is 0 Å². The molecule has 0 spiro atoms. The van der Waals surface area contributed by atoms with Gasteiger partial charge >= 0.3 is 0 Å². The predicted molar refractivity (Wildman–Crippen MR) is 88.8 cm³/mol. The molecule has 0 radical (unpaired) electrons. The maximum absolute atomic E-state index is 10.2. The Labute approximate surface area is 133 Å². The Hall–Kier alpha value is -0.610. The van der Waals surface area contributed by atoms with Crippen LogP contribution in [-0.2, 0) is 0 Å². The van der Waals surface area contributed by atoms with Gasteiger partial charge < -0.3 is 15.3 Å². The molecule has 0 saturated carbocycles. The number of rotatable bonds is 5. The van der Waals surface area contributed by atoms with Gasteiger partial charge in [0.15, 0.2) is 0 Å². The first-order chi connectivity index (χ1) is 10.00. The lowest BCUT2D eigenvalue weighted by atomic mass is 9.98. The summed E-state index contributed by atoms with van der Waals surface area (Å²) in [5, 5.41) is 14.3. The highest BCUT2D eigenvalue weighted by Gasteiger charge is 2.25. The Morgan fingerprint density at radius 2 is 2.19 bits per heavy atom. The average Bonchev–Trinajstić information content (AvgIpc) is 2.61. The minimum absolute atomic E-state index is 0.326. The van der Waals surface area contributed by atoms with Crippen molar-refractivity contribution in [1.82, 2.24) is 10.2 Å². The number of halogens is 1. The monoisotopic (exact) mass is 310 g/mol. The summed E-state index contributed by atoms with van der Waals surface area (Å²) in [6.45, 7) is 5.08. The van der Waals surface area contributed by atoms with Crippen LogP contribution < -0.4 is 5.32 Å². The van der Waals surface area contributed by atoms with E-state index in [0.29, 0.717) is 6.04 Å². The number of nitrogens with zero attached hydrogens (tertiary/aromatic N) is 1. The normalized spacial score (nSPS) is 25.5. The second-order valence-electron chi connectivity index (χ2n) is 6.38. The van der Waals surface area contributed by atoms with Crippen molar-refractivity contribution in [1.29, 1.82) is 0 Å². The zero-order chi connectivity index (χ0) is 15.3. The molecule has 1 aliphatic rings. The highest BCUT2D eigenvalue weighted by atomic mass is 35.5. The molecule has 1 saturated heterocycles. The Morgan fingerprint density at radius 3 is 2.90 bits per heavy atom. The molecule has 1 aromatic carbocycles. The van der Waals surface area contributed by atoms with Crippen LogP contribution in [0, 0.1) is 0 Å². The van der Waals surface area contributed by atoms with Crippen LogP contribution in [0.2, 0.25) is 5.02 Å². The lowest BCUT2D eigenvalue weighted by molar-refractivity contribution is 0.0445. The van der Waals surface area contributed by atoms with Gasteiger partial charge in [-0.15, -0.1) is 0 Å². The second-order valence-corrected chi connectivity index (χ2v) is 6.81. The van der Waals surface area contributed by atoms with E-state index < -0.39 is 5.60 Å². The van der Waals surface area contributed by atoms with Gasteiger partial charge in [-0.05, 0) is 70.4 Å². The second kappa shape index (κ2) is 7.59. The molecule has 1 aliphatic heterocycles. The summed E-state index contributed by atoms with van der Waals surface area (Å²) >= 11 is 6.08. The number of likely N-dealkylation sites (tertiary alicyclic amines) is 1. The third kappa shape index (κ3) is 5.26. The van der Waals surface area contributed by atoms with Crippen molar-refractivity contribution >= 4 is 11.6 Å². The van der Waals surface area contributed by atoms with Gasteiger partial charge in [0.25, 0.3) is 0 Å². The Kier molecular flexibility index (Phi) is 6.06. The molecular formula is C17H27ClN2O. The number of nitrogens with one attached hydrogen (secondary N) is 1. The largest absolute Gasteiger partial charge is 0.390 e. The summed E-state index contributed by atoms with van der Waals surface area (Å²) in [6.07, 6.45) is 3.91. The molecule has 1 fully saturated rings. The van der Waals surface area contributed by atoms with Crippen molar-refractivity contribution in [2.24, 2.45) is 0 Å². The van der Waals surface area contributed by atoms with E-state index in [4.69, 9.17) is 11.6 Å². The summed E-state index contributed by atoms with van der Waals surface area (Å²) < 4.78 is 0. The maximum Gasteiger partial charge on any atom is 0.0632 e. The maximum atomic E-state index is 10.2. The van der Waals surface area contributed by atoms with E-state index in [1.165, 1.54) is 5.56 Å². The number of aliphatic hydroxyl groups is 1. The molecule has 1 heterocycles. The predicted octanol–water partition coefficient (Wildman–Crippen LogP) is 3.23. The van der Waals surface area contributed by atoms with Crippen molar-refractivity contribution in [3.8, 4) is 0 Å². The molecule has 0 bridgehead atoms. The molecule has 3 nitrogen and oxygen atoms in total. The topological polar surface area (TPSA) is 35.5 Å². The number of hydrogen-bond acceptors (Lipinski definition) is 3. The zero-order valence-corrected chi connectivity index (χ0v) is 13.9. The summed E-state index contributed by atoms with van der Waals surface area (Å²) in [6, 6.07) is 8.41. The van der Waals surface area contributed by atoms with E-state index in [0.717, 1.165) is 50.3 Å². The quantitative estimate of drug-likeness (QED) is 0.876. The van der Waals surface area contributed by atoms with Gasteiger partial charge in [0.2, 0.25) is 0 Å². The molecule has 2 rings (SSSR count). The van der Waals surface area contributed by atoms with Crippen LogP contribution >= 0.6 is 11.6 Å². The summed E-state index contributed by atoms with van der Waals surface area (Å²) in [7, 11) is 2.00. The van der Waals surface area contributed by atoms with Gasteiger partial charge in [0.05, 0.1) is 5.60 Å². The van der Waals surface area contributed by atoms with E-state index in [1.807, 2.05) is 32.2 Å². The van der Waals surface area contributed by atoms with Gasteiger partial charge in [0.1, 0.15) is 0 Å². The highest BCUT2D eigenvalue weighted by molar-refractivity contribution is 6.30. The van der Waals surface area contributed by atoms with Crippen molar-refractivity contribution in [3.63, 3.8) is 0 Å². The number of hydrogen-bond donors (Lipinski definition) is 2. The van der Waals surface area contributed by atoms with Gasteiger partial charge in [-0.25, -0.2) is 0 Å². The lowest BCUT2D eigenvalue weighted by Gasteiger charge is -2.25. The summed E-state index contributed by atoms with van der Waals surface area (Å²) in [4.78, 5) is 2.47. The first kappa shape index (κ1) is 16.8. The molecule has 4 heteroatoms. The standard InChI is InChI=1S/C17H27ClN2O/c1-17(21)8-4-10-20(12-9-17)11-7-16(19-2)14-5-3-6-15(18)13-14/h3,5-6,13,16,19,21H,4,7-12H2,1-2H3. The Balaban J connectivity index is 1.88. The fourth-order valence-electron chi connectivity index (χ4n) is 3.06. The first-order valence-corrected chi connectivity index (χ1v) is 8.25. The molecule has 1 aromatic rings. The average molecular weight is 311 g/mol. The first-order valence-electron chi connectivity index (χ1n) is 7.88. The summed E-state index contributed by atoms with van der Waals surface area (Å²) in [5.74, 6) is 0.